The zero-order valence-electron chi connectivity index (χ0n) is 15.1. The number of hydrogen-bond acceptors (Lipinski definition) is 4. The summed E-state index contributed by atoms with van der Waals surface area (Å²) in [5, 5.41) is 13.4. The third-order valence-electron chi connectivity index (χ3n) is 7.71. The molecule has 0 aromatic carbocycles. The number of methoxy groups -OCH3 is 2. The standard InChI is InChI=1S/C19H30NO4/c1-20-9-8-12-13-14(17(22)19(24-3)18(12)23-2)10-6-4-5-7-11(10)16(21)15(13)20/h10-15,17-19H,4-9H2,1-3H3/q-1/p+1. The van der Waals surface area contributed by atoms with Crippen molar-refractivity contribution in [3.8, 4) is 0 Å². The predicted molar refractivity (Wildman–Crippen MR) is 86.5 cm³/mol. The highest BCUT2D eigenvalue weighted by molar-refractivity contribution is 5.87. The molecule has 4 fully saturated rings. The summed E-state index contributed by atoms with van der Waals surface area (Å²) in [6, 6.07) is 0.00000567. The van der Waals surface area contributed by atoms with Crippen LogP contribution in [0.1, 0.15) is 32.1 Å². The Morgan fingerprint density at radius 2 is 1.71 bits per heavy atom. The van der Waals surface area contributed by atoms with Gasteiger partial charge >= 0.3 is 0 Å². The van der Waals surface area contributed by atoms with E-state index in [1.54, 1.807) is 14.2 Å². The topological polar surface area (TPSA) is 63.0 Å². The molecule has 0 bridgehead atoms. The van der Waals surface area contributed by atoms with Crippen molar-refractivity contribution in [2.75, 3.05) is 27.8 Å². The van der Waals surface area contributed by atoms with Gasteiger partial charge in [0, 0.05) is 38.4 Å². The van der Waals surface area contributed by atoms with E-state index in [-0.39, 0.29) is 47.8 Å². The first-order chi connectivity index (χ1) is 11.6. The summed E-state index contributed by atoms with van der Waals surface area (Å²) in [6.45, 7) is 0.988. The normalized spacial score (nSPS) is 54.1. The molecule has 3 aliphatic carbocycles. The summed E-state index contributed by atoms with van der Waals surface area (Å²) < 4.78 is 11.4. The van der Waals surface area contributed by atoms with Crippen molar-refractivity contribution in [2.45, 2.75) is 56.5 Å². The summed E-state index contributed by atoms with van der Waals surface area (Å²) in [5.41, 5.74) is 0. The van der Waals surface area contributed by atoms with Crippen molar-refractivity contribution >= 4 is 5.78 Å². The number of fused-ring (bicyclic) bond motifs is 2. The molecule has 0 radical (unpaired) electrons. The molecule has 5 heteroatoms. The average molecular weight is 337 g/mol. The number of quaternary nitrogens is 1. The summed E-state index contributed by atoms with van der Waals surface area (Å²) in [5.74, 6) is 1.39. The van der Waals surface area contributed by atoms with E-state index >= 15 is 0 Å². The van der Waals surface area contributed by atoms with Crippen LogP contribution in [-0.2, 0) is 14.3 Å². The first-order valence-electron chi connectivity index (χ1n) is 9.67. The van der Waals surface area contributed by atoms with Crippen molar-refractivity contribution in [1.82, 2.24) is 0 Å². The third-order valence-corrected chi connectivity index (χ3v) is 7.71. The van der Waals surface area contributed by atoms with Gasteiger partial charge < -0.3 is 19.5 Å². The van der Waals surface area contributed by atoms with E-state index in [9.17, 15) is 9.90 Å². The van der Waals surface area contributed by atoms with E-state index in [0.29, 0.717) is 5.78 Å². The molecule has 1 heterocycles. The van der Waals surface area contributed by atoms with Crippen LogP contribution < -0.4 is 10.0 Å². The van der Waals surface area contributed by atoms with Gasteiger partial charge in [-0.05, 0) is 24.7 Å². The minimum Gasteiger partial charge on any atom is -0.850 e. The molecule has 4 aliphatic rings. The lowest BCUT2D eigenvalue weighted by atomic mass is 9.50. The summed E-state index contributed by atoms with van der Waals surface area (Å²) in [6.07, 6.45) is 4.04. The minimum atomic E-state index is -0.770. The quantitative estimate of drug-likeness (QED) is 0.723. The molecular formula is C19H31NO4. The molecule has 136 valence electrons. The molecule has 10 unspecified atom stereocenters. The molecule has 24 heavy (non-hydrogen) atoms. The van der Waals surface area contributed by atoms with Crippen LogP contribution in [0.4, 0.5) is 0 Å². The Labute approximate surface area is 144 Å². The van der Waals surface area contributed by atoms with Gasteiger partial charge in [0.05, 0.1) is 25.8 Å². The Kier molecular flexibility index (Phi) is 4.48. The van der Waals surface area contributed by atoms with Crippen LogP contribution in [-0.4, -0.2) is 57.9 Å². The van der Waals surface area contributed by atoms with Crippen molar-refractivity contribution in [2.24, 2.45) is 29.6 Å². The van der Waals surface area contributed by atoms with Gasteiger partial charge in [-0.2, -0.15) is 0 Å². The van der Waals surface area contributed by atoms with Crippen LogP contribution >= 0.6 is 0 Å². The van der Waals surface area contributed by atoms with Gasteiger partial charge in [-0.25, -0.2) is 0 Å². The Hall–Kier alpha value is -0.490. The van der Waals surface area contributed by atoms with Crippen LogP contribution in [0, 0.1) is 29.6 Å². The number of hydrogen-bond donors (Lipinski definition) is 1. The minimum absolute atomic E-state index is 0.00000567. The maximum absolute atomic E-state index is 13.4. The number of rotatable bonds is 2. The van der Waals surface area contributed by atoms with E-state index in [4.69, 9.17) is 9.47 Å². The monoisotopic (exact) mass is 337 g/mol. The smallest absolute Gasteiger partial charge is 0.193 e. The molecule has 0 spiro atoms. The molecule has 1 N–H and O–H groups in total. The van der Waals surface area contributed by atoms with E-state index in [1.807, 2.05) is 0 Å². The van der Waals surface area contributed by atoms with E-state index in [2.05, 4.69) is 7.05 Å². The lowest BCUT2D eigenvalue weighted by molar-refractivity contribution is -0.910. The highest BCUT2D eigenvalue weighted by atomic mass is 16.5. The lowest BCUT2D eigenvalue weighted by Gasteiger charge is -2.63. The zero-order chi connectivity index (χ0) is 17.0. The molecule has 5 nitrogen and oxygen atoms in total. The van der Waals surface area contributed by atoms with Crippen molar-refractivity contribution < 1.29 is 24.3 Å². The maximum Gasteiger partial charge on any atom is 0.193 e. The van der Waals surface area contributed by atoms with Crippen LogP contribution in [0.25, 0.3) is 0 Å². The molecule has 4 rings (SSSR count). The number of carbonyl (C=O) groups excluding carboxylic acids is 1. The van der Waals surface area contributed by atoms with Gasteiger partial charge in [-0.3, -0.25) is 4.79 Å². The molecule has 0 aromatic heterocycles. The molecule has 3 saturated carbocycles. The first kappa shape index (κ1) is 17.0. The van der Waals surface area contributed by atoms with Gasteiger partial charge in [0.15, 0.2) is 11.8 Å². The Morgan fingerprint density at radius 3 is 2.42 bits per heavy atom. The molecule has 0 amide bonds. The van der Waals surface area contributed by atoms with Gasteiger partial charge in [0.1, 0.15) is 0 Å². The van der Waals surface area contributed by atoms with Crippen LogP contribution in [0.5, 0.6) is 0 Å². The van der Waals surface area contributed by atoms with Crippen molar-refractivity contribution in [1.29, 1.82) is 0 Å². The fourth-order valence-corrected chi connectivity index (χ4v) is 6.82. The number of piperidine rings is 1. The average Bonchev–Trinajstić information content (AvgIpc) is 2.60. The molecule has 10 atom stereocenters. The first-order valence-corrected chi connectivity index (χ1v) is 9.67. The molecule has 0 aromatic rings. The number of carbonyl (C=O) groups is 1. The second-order valence-corrected chi connectivity index (χ2v) is 8.50. The lowest BCUT2D eigenvalue weighted by Crippen LogP contribution is -3.17. The predicted octanol–water partition coefficient (Wildman–Crippen LogP) is -0.716. The van der Waals surface area contributed by atoms with Crippen LogP contribution in [0.15, 0.2) is 0 Å². The summed E-state index contributed by atoms with van der Waals surface area (Å²) in [4.78, 5) is 14.6. The van der Waals surface area contributed by atoms with E-state index in [0.717, 1.165) is 38.6 Å². The van der Waals surface area contributed by atoms with Gasteiger partial charge in [0.2, 0.25) is 0 Å². The van der Waals surface area contributed by atoms with Crippen molar-refractivity contribution in [3.63, 3.8) is 0 Å². The second kappa shape index (κ2) is 6.35. The van der Waals surface area contributed by atoms with Gasteiger partial charge in [0.25, 0.3) is 0 Å². The molecule has 1 aliphatic heterocycles. The fourth-order valence-electron chi connectivity index (χ4n) is 6.82. The Bertz CT molecular complexity index is 498. The van der Waals surface area contributed by atoms with Crippen LogP contribution in [0.3, 0.4) is 0 Å². The largest absolute Gasteiger partial charge is 0.850 e. The van der Waals surface area contributed by atoms with E-state index in [1.165, 1.54) is 4.90 Å². The SMILES string of the molecule is COC1C([O-])C2C3CCCCC3C(=O)C3C2C(CC[NH+]3C)C1OC. The summed E-state index contributed by atoms with van der Waals surface area (Å²) in [7, 11) is 5.48. The highest BCUT2D eigenvalue weighted by Crippen LogP contribution is 2.53. The van der Waals surface area contributed by atoms with Gasteiger partial charge in [-0.1, -0.05) is 18.9 Å². The Balaban J connectivity index is 1.78. The maximum atomic E-state index is 13.4. The number of likely N-dealkylation sites (tertiary alicyclic amines) is 1. The number of ether oxygens (including phenoxy) is 2. The third kappa shape index (κ3) is 2.24. The van der Waals surface area contributed by atoms with E-state index < -0.39 is 6.10 Å². The number of nitrogens with one attached hydrogen (secondary N) is 1. The number of likely N-dealkylation sites (N-methyl/N-ethyl adjacent to an activating group) is 1. The van der Waals surface area contributed by atoms with Gasteiger partial charge in [-0.15, -0.1) is 0 Å². The zero-order valence-corrected chi connectivity index (χ0v) is 15.1. The fraction of sp³-hybridized carbons (Fsp3) is 0.947. The molecular weight excluding hydrogens is 306 g/mol. The van der Waals surface area contributed by atoms with Crippen LogP contribution in [0.2, 0.25) is 0 Å². The second-order valence-electron chi connectivity index (χ2n) is 8.50. The summed E-state index contributed by atoms with van der Waals surface area (Å²) >= 11 is 0. The number of ketones is 1. The Morgan fingerprint density at radius 1 is 1.00 bits per heavy atom. The number of Topliss-reactive ketones (excluding diaryl/α,β-unsaturated/α-hetero) is 1. The molecule has 1 saturated heterocycles. The van der Waals surface area contributed by atoms with Crippen molar-refractivity contribution in [3.05, 3.63) is 0 Å². The highest BCUT2D eigenvalue weighted by Gasteiger charge is 2.62.